The summed E-state index contributed by atoms with van der Waals surface area (Å²) in [6.07, 6.45) is 6.72. The zero-order chi connectivity index (χ0) is 18.3. The number of likely N-dealkylation sites (tertiary alicyclic amines) is 1. The standard InChI is InChI=1S/C19H37N5O.HI/c1-5-11-24-12-8-16(14-24)13-21-18(20-2)22-15-19(9-6-7-10-19)17(25)23(3)4;/h16H,5-15H2,1-4H3,(H2,20,21,22);1H. The van der Waals surface area contributed by atoms with Crippen molar-refractivity contribution >= 4 is 35.8 Å². The summed E-state index contributed by atoms with van der Waals surface area (Å²) >= 11 is 0. The molecule has 1 heterocycles. The number of nitrogens with zero attached hydrogens (tertiary/aromatic N) is 3. The number of carbonyl (C=O) groups is 1. The first-order valence-electron chi connectivity index (χ1n) is 9.89. The molecule has 1 saturated heterocycles. The van der Waals surface area contributed by atoms with Gasteiger partial charge >= 0.3 is 0 Å². The molecule has 0 aromatic carbocycles. The third-order valence-corrected chi connectivity index (χ3v) is 5.71. The molecule has 7 heteroatoms. The van der Waals surface area contributed by atoms with E-state index < -0.39 is 0 Å². The number of guanidine groups is 1. The Hall–Kier alpha value is -0.570. The van der Waals surface area contributed by atoms with Gasteiger partial charge in [-0.15, -0.1) is 24.0 Å². The lowest BCUT2D eigenvalue weighted by Gasteiger charge is -2.31. The lowest BCUT2D eigenvalue weighted by Crippen LogP contribution is -2.49. The van der Waals surface area contributed by atoms with E-state index in [4.69, 9.17) is 0 Å². The third kappa shape index (κ3) is 6.25. The van der Waals surface area contributed by atoms with E-state index in [-0.39, 0.29) is 35.3 Å². The Balaban J connectivity index is 0.00000338. The maximum absolute atomic E-state index is 12.7. The molecule has 1 saturated carbocycles. The van der Waals surface area contributed by atoms with Crippen LogP contribution >= 0.6 is 24.0 Å². The predicted octanol–water partition coefficient (Wildman–Crippen LogP) is 2.15. The highest BCUT2D eigenvalue weighted by Crippen LogP contribution is 2.38. The molecular weight excluding hydrogens is 441 g/mol. The Morgan fingerprint density at radius 1 is 1.27 bits per heavy atom. The lowest BCUT2D eigenvalue weighted by atomic mass is 9.84. The molecule has 1 unspecified atom stereocenters. The van der Waals surface area contributed by atoms with Crippen LogP contribution in [-0.2, 0) is 4.79 Å². The summed E-state index contributed by atoms with van der Waals surface area (Å²) < 4.78 is 0. The molecule has 0 bridgehead atoms. The fraction of sp³-hybridized carbons (Fsp3) is 0.895. The fourth-order valence-electron chi connectivity index (χ4n) is 4.31. The largest absolute Gasteiger partial charge is 0.356 e. The van der Waals surface area contributed by atoms with Crippen molar-refractivity contribution < 1.29 is 4.79 Å². The zero-order valence-corrected chi connectivity index (χ0v) is 19.3. The van der Waals surface area contributed by atoms with Crippen LogP contribution in [0.25, 0.3) is 0 Å². The van der Waals surface area contributed by atoms with Crippen LogP contribution < -0.4 is 10.6 Å². The fourth-order valence-corrected chi connectivity index (χ4v) is 4.31. The molecule has 6 nitrogen and oxygen atoms in total. The van der Waals surface area contributed by atoms with Crippen LogP contribution in [0.2, 0.25) is 0 Å². The second kappa shape index (κ2) is 11.3. The summed E-state index contributed by atoms with van der Waals surface area (Å²) in [5.41, 5.74) is -0.258. The van der Waals surface area contributed by atoms with Crippen LogP contribution in [0.15, 0.2) is 4.99 Å². The SMILES string of the molecule is CCCN1CCC(CNC(=NC)NCC2(C(=O)N(C)C)CCCC2)C1.I. The second-order valence-electron chi connectivity index (χ2n) is 7.95. The Morgan fingerprint density at radius 3 is 2.54 bits per heavy atom. The number of rotatable bonds is 7. The van der Waals surface area contributed by atoms with Gasteiger partial charge in [0.05, 0.1) is 5.41 Å². The molecule has 1 atom stereocenters. The van der Waals surface area contributed by atoms with Gasteiger partial charge in [-0.3, -0.25) is 9.79 Å². The number of amides is 1. The lowest BCUT2D eigenvalue weighted by molar-refractivity contribution is -0.138. The molecule has 0 aromatic heterocycles. The molecule has 2 aliphatic rings. The van der Waals surface area contributed by atoms with Gasteiger partial charge in [-0.2, -0.15) is 0 Å². The Labute approximate surface area is 176 Å². The number of hydrogen-bond acceptors (Lipinski definition) is 3. The number of hydrogen-bond donors (Lipinski definition) is 2. The summed E-state index contributed by atoms with van der Waals surface area (Å²) in [7, 11) is 5.53. The quantitative estimate of drug-likeness (QED) is 0.334. The van der Waals surface area contributed by atoms with E-state index in [1.807, 2.05) is 21.1 Å². The molecule has 0 spiro atoms. The second-order valence-corrected chi connectivity index (χ2v) is 7.95. The van der Waals surface area contributed by atoms with Crippen molar-refractivity contribution in [3.8, 4) is 0 Å². The minimum Gasteiger partial charge on any atom is -0.356 e. The van der Waals surface area contributed by atoms with Crippen molar-refractivity contribution in [1.29, 1.82) is 0 Å². The van der Waals surface area contributed by atoms with E-state index >= 15 is 0 Å². The van der Waals surface area contributed by atoms with Gasteiger partial charge in [0, 0.05) is 40.8 Å². The van der Waals surface area contributed by atoms with Crippen molar-refractivity contribution in [3.63, 3.8) is 0 Å². The average Bonchev–Trinajstić information content (AvgIpc) is 3.25. The highest BCUT2D eigenvalue weighted by Gasteiger charge is 2.42. The van der Waals surface area contributed by atoms with Crippen LogP contribution in [0.5, 0.6) is 0 Å². The van der Waals surface area contributed by atoms with Gasteiger partial charge < -0.3 is 20.4 Å². The van der Waals surface area contributed by atoms with Crippen LogP contribution in [0.1, 0.15) is 45.4 Å². The first-order chi connectivity index (χ1) is 12.0. The van der Waals surface area contributed by atoms with Gasteiger partial charge in [-0.25, -0.2) is 0 Å². The topological polar surface area (TPSA) is 60.0 Å². The van der Waals surface area contributed by atoms with E-state index in [9.17, 15) is 4.79 Å². The number of halogens is 1. The first-order valence-corrected chi connectivity index (χ1v) is 9.89. The molecule has 0 aromatic rings. The summed E-state index contributed by atoms with van der Waals surface area (Å²) in [5.74, 6) is 1.76. The molecule has 2 fully saturated rings. The summed E-state index contributed by atoms with van der Waals surface area (Å²) in [6, 6.07) is 0. The molecule has 152 valence electrons. The van der Waals surface area contributed by atoms with Gasteiger partial charge in [0.25, 0.3) is 0 Å². The average molecular weight is 479 g/mol. The summed E-state index contributed by atoms with van der Waals surface area (Å²) in [6.45, 7) is 7.47. The first kappa shape index (κ1) is 23.5. The Bertz CT molecular complexity index is 463. The molecule has 2 N–H and O–H groups in total. The van der Waals surface area contributed by atoms with Gasteiger partial charge in [0.15, 0.2) is 5.96 Å². The summed E-state index contributed by atoms with van der Waals surface area (Å²) in [5, 5.41) is 6.90. The highest BCUT2D eigenvalue weighted by atomic mass is 127. The van der Waals surface area contributed by atoms with Crippen molar-refractivity contribution in [3.05, 3.63) is 0 Å². The maximum Gasteiger partial charge on any atom is 0.230 e. The van der Waals surface area contributed by atoms with Crippen molar-refractivity contribution in [2.75, 3.05) is 53.9 Å². The van der Waals surface area contributed by atoms with E-state index in [2.05, 4.69) is 27.4 Å². The zero-order valence-electron chi connectivity index (χ0n) is 17.0. The Morgan fingerprint density at radius 2 is 1.96 bits per heavy atom. The highest BCUT2D eigenvalue weighted by molar-refractivity contribution is 14.0. The van der Waals surface area contributed by atoms with Gasteiger partial charge in [-0.1, -0.05) is 19.8 Å². The Kier molecular flexibility index (Phi) is 10.2. The number of carbonyl (C=O) groups excluding carboxylic acids is 1. The molecule has 0 radical (unpaired) electrons. The van der Waals surface area contributed by atoms with Crippen LogP contribution in [0.3, 0.4) is 0 Å². The smallest absolute Gasteiger partial charge is 0.230 e. The predicted molar refractivity (Wildman–Crippen MR) is 119 cm³/mol. The van der Waals surface area contributed by atoms with E-state index in [1.54, 1.807) is 4.90 Å². The van der Waals surface area contributed by atoms with Crippen molar-refractivity contribution in [2.45, 2.75) is 45.4 Å². The number of nitrogens with one attached hydrogen (secondary N) is 2. The van der Waals surface area contributed by atoms with E-state index in [0.717, 1.165) is 38.2 Å². The molecule has 26 heavy (non-hydrogen) atoms. The minimum atomic E-state index is -0.258. The monoisotopic (exact) mass is 479 g/mol. The molecule has 1 amide bonds. The van der Waals surface area contributed by atoms with Crippen LogP contribution in [-0.4, -0.2) is 75.5 Å². The van der Waals surface area contributed by atoms with Gasteiger partial charge in [0.1, 0.15) is 0 Å². The van der Waals surface area contributed by atoms with Crippen molar-refractivity contribution in [1.82, 2.24) is 20.4 Å². The molecule has 2 rings (SSSR count). The maximum atomic E-state index is 12.7. The van der Waals surface area contributed by atoms with Gasteiger partial charge in [-0.05, 0) is 44.7 Å². The number of aliphatic imine (C=N–C) groups is 1. The van der Waals surface area contributed by atoms with Crippen LogP contribution in [0.4, 0.5) is 0 Å². The van der Waals surface area contributed by atoms with Gasteiger partial charge in [0.2, 0.25) is 5.91 Å². The molecule has 1 aliphatic carbocycles. The van der Waals surface area contributed by atoms with Crippen molar-refractivity contribution in [2.24, 2.45) is 16.3 Å². The minimum absolute atomic E-state index is 0. The molecule has 1 aliphatic heterocycles. The van der Waals surface area contributed by atoms with Crippen LogP contribution in [0, 0.1) is 11.3 Å². The normalized spacial score (nSPS) is 22.8. The third-order valence-electron chi connectivity index (χ3n) is 5.71. The van der Waals surface area contributed by atoms with E-state index in [0.29, 0.717) is 12.5 Å². The molecular formula is C19H38IN5O. The van der Waals surface area contributed by atoms with E-state index in [1.165, 1.54) is 32.5 Å². The summed E-state index contributed by atoms with van der Waals surface area (Å²) in [4.78, 5) is 21.3.